The van der Waals surface area contributed by atoms with E-state index in [2.05, 4.69) is 35.1 Å². The lowest BCUT2D eigenvalue weighted by Crippen LogP contribution is -2.51. The summed E-state index contributed by atoms with van der Waals surface area (Å²) >= 11 is 3.37. The molecule has 1 aliphatic heterocycles. The number of hydrogen-bond donors (Lipinski definition) is 1. The van der Waals surface area contributed by atoms with E-state index in [1.807, 2.05) is 0 Å². The summed E-state index contributed by atoms with van der Waals surface area (Å²) in [6.45, 7) is 5.75. The van der Waals surface area contributed by atoms with Crippen LogP contribution >= 0.6 is 15.9 Å². The average molecular weight is 399 g/mol. The Hall–Kier alpha value is -1.60. The second-order valence-corrected chi connectivity index (χ2v) is 7.04. The predicted octanol–water partition coefficient (Wildman–Crippen LogP) is 2.07. The van der Waals surface area contributed by atoms with Crippen LogP contribution in [0.2, 0.25) is 0 Å². The summed E-state index contributed by atoms with van der Waals surface area (Å²) in [5, 5.41) is 2.86. The fourth-order valence-electron chi connectivity index (χ4n) is 2.53. The van der Waals surface area contributed by atoms with E-state index in [0.29, 0.717) is 41.3 Å². The van der Waals surface area contributed by atoms with Gasteiger partial charge in [-0.2, -0.15) is 0 Å². The van der Waals surface area contributed by atoms with E-state index in [0.717, 1.165) is 0 Å². The SMILES string of the molecule is COc1ccc(Br)c(C(=O)NCC2CN(CC(C)C)C(=O)CO2)c1. The molecule has 1 saturated heterocycles. The molecule has 1 aromatic carbocycles. The summed E-state index contributed by atoms with van der Waals surface area (Å²) in [5.74, 6) is 0.805. The van der Waals surface area contributed by atoms with Gasteiger partial charge in [-0.3, -0.25) is 9.59 Å². The van der Waals surface area contributed by atoms with Crippen molar-refractivity contribution >= 4 is 27.7 Å². The number of hydrogen-bond acceptors (Lipinski definition) is 4. The molecule has 24 heavy (non-hydrogen) atoms. The van der Waals surface area contributed by atoms with E-state index >= 15 is 0 Å². The maximum Gasteiger partial charge on any atom is 0.252 e. The molecule has 1 N–H and O–H groups in total. The Labute approximate surface area is 150 Å². The van der Waals surface area contributed by atoms with Gasteiger partial charge in [0.25, 0.3) is 5.91 Å². The number of ether oxygens (including phenoxy) is 2. The zero-order chi connectivity index (χ0) is 17.7. The standard InChI is InChI=1S/C17H23BrN2O4/c1-11(2)8-20-9-13(24-10-16(20)21)7-19-17(22)14-6-12(23-3)4-5-15(14)18/h4-6,11,13H,7-10H2,1-3H3,(H,19,22). The molecule has 0 radical (unpaired) electrons. The van der Waals surface area contributed by atoms with Crippen LogP contribution in [0.25, 0.3) is 0 Å². The van der Waals surface area contributed by atoms with Crippen molar-refractivity contribution in [3.63, 3.8) is 0 Å². The first kappa shape index (κ1) is 18.7. The van der Waals surface area contributed by atoms with Crippen LogP contribution in [0.4, 0.5) is 0 Å². The lowest BCUT2D eigenvalue weighted by Gasteiger charge is -2.33. The number of morpholine rings is 1. The minimum Gasteiger partial charge on any atom is -0.497 e. The van der Waals surface area contributed by atoms with Crippen LogP contribution in [0.5, 0.6) is 5.75 Å². The van der Waals surface area contributed by atoms with Gasteiger partial charge in [0, 0.05) is 24.1 Å². The zero-order valence-corrected chi connectivity index (χ0v) is 15.8. The first-order valence-corrected chi connectivity index (χ1v) is 8.71. The minimum absolute atomic E-state index is 0.00168. The molecule has 1 unspecified atom stereocenters. The highest BCUT2D eigenvalue weighted by Crippen LogP contribution is 2.22. The second-order valence-electron chi connectivity index (χ2n) is 6.18. The number of carbonyl (C=O) groups excluding carboxylic acids is 2. The molecule has 6 nitrogen and oxygen atoms in total. The molecule has 1 fully saturated rings. The van der Waals surface area contributed by atoms with Gasteiger partial charge >= 0.3 is 0 Å². The van der Waals surface area contributed by atoms with Crippen LogP contribution < -0.4 is 10.1 Å². The minimum atomic E-state index is -0.211. The van der Waals surface area contributed by atoms with Crippen molar-refractivity contribution in [2.45, 2.75) is 20.0 Å². The van der Waals surface area contributed by atoms with E-state index in [1.54, 1.807) is 30.2 Å². The van der Waals surface area contributed by atoms with Crippen molar-refractivity contribution in [1.29, 1.82) is 0 Å². The highest BCUT2D eigenvalue weighted by atomic mass is 79.9. The maximum atomic E-state index is 12.4. The molecule has 0 aliphatic carbocycles. The number of halogens is 1. The van der Waals surface area contributed by atoms with Crippen molar-refractivity contribution in [2.24, 2.45) is 5.92 Å². The summed E-state index contributed by atoms with van der Waals surface area (Å²) < 4.78 is 11.4. The highest BCUT2D eigenvalue weighted by Gasteiger charge is 2.27. The largest absolute Gasteiger partial charge is 0.497 e. The lowest BCUT2D eigenvalue weighted by molar-refractivity contribution is -0.149. The molecule has 2 rings (SSSR count). The highest BCUT2D eigenvalue weighted by molar-refractivity contribution is 9.10. The normalized spacial score (nSPS) is 18.0. The molecule has 0 spiro atoms. The van der Waals surface area contributed by atoms with Crippen molar-refractivity contribution < 1.29 is 19.1 Å². The number of carbonyl (C=O) groups is 2. The molecule has 0 bridgehead atoms. The molecule has 0 aromatic heterocycles. The van der Waals surface area contributed by atoms with Crippen LogP contribution in [0.3, 0.4) is 0 Å². The van der Waals surface area contributed by atoms with Crippen LogP contribution in [0.15, 0.2) is 22.7 Å². The monoisotopic (exact) mass is 398 g/mol. The van der Waals surface area contributed by atoms with Gasteiger partial charge in [0.2, 0.25) is 5.91 Å². The topological polar surface area (TPSA) is 67.9 Å². The second kappa shape index (κ2) is 8.48. The summed E-state index contributed by atoms with van der Waals surface area (Å²) in [6.07, 6.45) is -0.199. The summed E-state index contributed by atoms with van der Waals surface area (Å²) in [7, 11) is 1.56. The molecular weight excluding hydrogens is 376 g/mol. The Balaban J connectivity index is 1.93. The Morgan fingerprint density at radius 3 is 2.92 bits per heavy atom. The number of nitrogens with zero attached hydrogens (tertiary/aromatic N) is 1. The number of amides is 2. The molecule has 1 heterocycles. The third-order valence-corrected chi connectivity index (χ3v) is 4.40. The fraction of sp³-hybridized carbons (Fsp3) is 0.529. The van der Waals surface area contributed by atoms with Gasteiger partial charge in [0.1, 0.15) is 12.4 Å². The molecule has 0 saturated carbocycles. The summed E-state index contributed by atoms with van der Waals surface area (Å²) in [4.78, 5) is 26.0. The van der Waals surface area contributed by atoms with Gasteiger partial charge in [-0.15, -0.1) is 0 Å². The number of benzene rings is 1. The van der Waals surface area contributed by atoms with Crippen molar-refractivity contribution in [2.75, 3.05) is 33.4 Å². The van der Waals surface area contributed by atoms with Gasteiger partial charge in [-0.25, -0.2) is 0 Å². The molecule has 1 aliphatic rings. The third-order valence-electron chi connectivity index (χ3n) is 3.71. The van der Waals surface area contributed by atoms with E-state index in [4.69, 9.17) is 9.47 Å². The third kappa shape index (κ3) is 4.95. The summed E-state index contributed by atoms with van der Waals surface area (Å²) in [5.41, 5.74) is 0.500. The van der Waals surface area contributed by atoms with Crippen LogP contribution in [-0.4, -0.2) is 56.2 Å². The van der Waals surface area contributed by atoms with E-state index in [1.165, 1.54) is 0 Å². The lowest BCUT2D eigenvalue weighted by atomic mass is 10.1. The van der Waals surface area contributed by atoms with Crippen molar-refractivity contribution in [1.82, 2.24) is 10.2 Å². The number of methoxy groups -OCH3 is 1. The molecule has 2 amide bonds. The summed E-state index contributed by atoms with van der Waals surface area (Å²) in [6, 6.07) is 5.23. The van der Waals surface area contributed by atoms with Gasteiger partial charge in [0.05, 0.1) is 18.8 Å². The Bertz CT molecular complexity index is 606. The fourth-order valence-corrected chi connectivity index (χ4v) is 2.96. The Morgan fingerprint density at radius 1 is 1.50 bits per heavy atom. The Kier molecular flexibility index (Phi) is 6.62. The average Bonchev–Trinajstić information content (AvgIpc) is 2.55. The Morgan fingerprint density at radius 2 is 2.25 bits per heavy atom. The van der Waals surface area contributed by atoms with Crippen LogP contribution in [0.1, 0.15) is 24.2 Å². The predicted molar refractivity (Wildman–Crippen MR) is 94.2 cm³/mol. The molecule has 132 valence electrons. The zero-order valence-electron chi connectivity index (χ0n) is 14.2. The van der Waals surface area contributed by atoms with Crippen molar-refractivity contribution in [3.8, 4) is 5.75 Å². The molecule has 1 atom stereocenters. The van der Waals surface area contributed by atoms with E-state index in [-0.39, 0.29) is 24.5 Å². The maximum absolute atomic E-state index is 12.4. The van der Waals surface area contributed by atoms with Gasteiger partial charge in [0.15, 0.2) is 0 Å². The van der Waals surface area contributed by atoms with Gasteiger partial charge in [-0.1, -0.05) is 13.8 Å². The van der Waals surface area contributed by atoms with Crippen LogP contribution in [0, 0.1) is 5.92 Å². The van der Waals surface area contributed by atoms with Crippen molar-refractivity contribution in [3.05, 3.63) is 28.2 Å². The first-order chi connectivity index (χ1) is 11.4. The molecule has 7 heteroatoms. The number of nitrogens with one attached hydrogen (secondary N) is 1. The van der Waals surface area contributed by atoms with Gasteiger partial charge in [-0.05, 0) is 40.0 Å². The van der Waals surface area contributed by atoms with E-state index < -0.39 is 0 Å². The van der Waals surface area contributed by atoms with E-state index in [9.17, 15) is 9.59 Å². The first-order valence-electron chi connectivity index (χ1n) is 7.91. The smallest absolute Gasteiger partial charge is 0.252 e. The number of rotatable bonds is 6. The molecule has 1 aromatic rings. The molecular formula is C17H23BrN2O4. The van der Waals surface area contributed by atoms with Crippen LogP contribution in [-0.2, 0) is 9.53 Å². The van der Waals surface area contributed by atoms with Gasteiger partial charge < -0.3 is 19.7 Å². The quantitative estimate of drug-likeness (QED) is 0.796.